The lowest BCUT2D eigenvalue weighted by Gasteiger charge is -2.07. The first-order valence-electron chi connectivity index (χ1n) is 6.87. The van der Waals surface area contributed by atoms with Crippen LogP contribution in [-0.2, 0) is 6.54 Å². The Hall–Kier alpha value is -2.26. The Labute approximate surface area is 118 Å². The second kappa shape index (κ2) is 6.26. The minimum absolute atomic E-state index is 0.673. The van der Waals surface area contributed by atoms with Gasteiger partial charge in [-0.2, -0.15) is 0 Å². The standard InChI is InChI=1S/C17H18N2O/c1-2-6-15(7-3-1)20-11-10-18-12-14-13-19-17-9-5-4-8-16(14)17/h1-9,13,18-19H,10-12H2. The maximum atomic E-state index is 5.64. The van der Waals surface area contributed by atoms with Crippen LogP contribution >= 0.6 is 0 Å². The number of rotatable bonds is 6. The minimum atomic E-state index is 0.673. The molecule has 0 atom stereocenters. The number of nitrogens with one attached hydrogen (secondary N) is 2. The lowest BCUT2D eigenvalue weighted by Crippen LogP contribution is -2.20. The quantitative estimate of drug-likeness (QED) is 0.671. The molecule has 0 aliphatic rings. The SMILES string of the molecule is c1ccc(OCCNCc2c[nH]c3ccccc23)cc1. The number of para-hydroxylation sites is 2. The van der Waals surface area contributed by atoms with E-state index in [4.69, 9.17) is 4.74 Å². The van der Waals surface area contributed by atoms with Gasteiger partial charge in [0.05, 0.1) is 0 Å². The summed E-state index contributed by atoms with van der Waals surface area (Å²) < 4.78 is 5.64. The van der Waals surface area contributed by atoms with E-state index in [0.29, 0.717) is 6.61 Å². The van der Waals surface area contributed by atoms with Crippen LogP contribution in [0, 0.1) is 0 Å². The molecule has 0 radical (unpaired) electrons. The molecule has 1 aromatic heterocycles. The molecule has 0 unspecified atom stereocenters. The summed E-state index contributed by atoms with van der Waals surface area (Å²) in [6.45, 7) is 2.35. The van der Waals surface area contributed by atoms with E-state index in [-0.39, 0.29) is 0 Å². The van der Waals surface area contributed by atoms with E-state index in [1.807, 2.05) is 36.4 Å². The van der Waals surface area contributed by atoms with Gasteiger partial charge in [-0.25, -0.2) is 0 Å². The Morgan fingerprint density at radius 3 is 2.65 bits per heavy atom. The van der Waals surface area contributed by atoms with Gasteiger partial charge in [-0.05, 0) is 23.8 Å². The van der Waals surface area contributed by atoms with Crippen molar-refractivity contribution in [2.24, 2.45) is 0 Å². The Kier molecular flexibility index (Phi) is 3.99. The van der Waals surface area contributed by atoms with Crippen LogP contribution in [0.3, 0.4) is 0 Å². The van der Waals surface area contributed by atoms with E-state index < -0.39 is 0 Å². The van der Waals surface area contributed by atoms with Gasteiger partial charge in [-0.3, -0.25) is 0 Å². The fourth-order valence-electron chi connectivity index (χ4n) is 2.26. The van der Waals surface area contributed by atoms with E-state index >= 15 is 0 Å². The van der Waals surface area contributed by atoms with E-state index in [9.17, 15) is 0 Å². The van der Waals surface area contributed by atoms with Crippen molar-refractivity contribution in [2.75, 3.05) is 13.2 Å². The molecular weight excluding hydrogens is 248 g/mol. The van der Waals surface area contributed by atoms with Crippen LogP contribution in [0.2, 0.25) is 0 Å². The summed E-state index contributed by atoms with van der Waals surface area (Å²) in [6.07, 6.45) is 2.07. The van der Waals surface area contributed by atoms with Crippen molar-refractivity contribution >= 4 is 10.9 Å². The molecule has 20 heavy (non-hydrogen) atoms. The lowest BCUT2D eigenvalue weighted by molar-refractivity contribution is 0.314. The minimum Gasteiger partial charge on any atom is -0.492 e. The fraction of sp³-hybridized carbons (Fsp3) is 0.176. The summed E-state index contributed by atoms with van der Waals surface area (Å²) in [4.78, 5) is 3.28. The Bertz CT molecular complexity index is 661. The highest BCUT2D eigenvalue weighted by Crippen LogP contribution is 2.17. The van der Waals surface area contributed by atoms with Gasteiger partial charge >= 0.3 is 0 Å². The third-order valence-corrected chi connectivity index (χ3v) is 3.28. The lowest BCUT2D eigenvalue weighted by atomic mass is 10.2. The Morgan fingerprint density at radius 2 is 1.75 bits per heavy atom. The third kappa shape index (κ3) is 3.00. The first-order valence-corrected chi connectivity index (χ1v) is 6.87. The molecule has 0 aliphatic heterocycles. The monoisotopic (exact) mass is 266 g/mol. The van der Waals surface area contributed by atoms with Gasteiger partial charge in [0.15, 0.2) is 0 Å². The van der Waals surface area contributed by atoms with Crippen LogP contribution in [0.1, 0.15) is 5.56 Å². The van der Waals surface area contributed by atoms with Crippen molar-refractivity contribution in [3.63, 3.8) is 0 Å². The molecule has 0 aliphatic carbocycles. The van der Waals surface area contributed by atoms with Crippen molar-refractivity contribution in [2.45, 2.75) is 6.54 Å². The van der Waals surface area contributed by atoms with E-state index in [1.165, 1.54) is 16.5 Å². The van der Waals surface area contributed by atoms with Crippen molar-refractivity contribution < 1.29 is 4.74 Å². The molecule has 0 fully saturated rings. The number of ether oxygens (including phenoxy) is 1. The number of aromatic amines is 1. The molecule has 2 aromatic carbocycles. The largest absolute Gasteiger partial charge is 0.492 e. The molecule has 0 spiro atoms. The molecule has 0 amide bonds. The van der Waals surface area contributed by atoms with Crippen LogP contribution in [0.25, 0.3) is 10.9 Å². The zero-order valence-corrected chi connectivity index (χ0v) is 11.3. The predicted octanol–water partition coefficient (Wildman–Crippen LogP) is 3.34. The van der Waals surface area contributed by atoms with Gasteiger partial charge in [0.25, 0.3) is 0 Å². The van der Waals surface area contributed by atoms with Crippen molar-refractivity contribution in [1.29, 1.82) is 0 Å². The number of benzene rings is 2. The average Bonchev–Trinajstić information content (AvgIpc) is 2.91. The molecular formula is C17H18N2O. The first-order chi connectivity index (χ1) is 9.93. The molecule has 3 nitrogen and oxygen atoms in total. The highest BCUT2D eigenvalue weighted by atomic mass is 16.5. The maximum absolute atomic E-state index is 5.64. The predicted molar refractivity (Wildman–Crippen MR) is 81.9 cm³/mol. The summed E-state index contributed by atoms with van der Waals surface area (Å²) in [5, 5.41) is 4.69. The maximum Gasteiger partial charge on any atom is 0.119 e. The molecule has 0 bridgehead atoms. The van der Waals surface area contributed by atoms with Crippen molar-refractivity contribution in [1.82, 2.24) is 10.3 Å². The molecule has 102 valence electrons. The van der Waals surface area contributed by atoms with Gasteiger partial charge in [-0.15, -0.1) is 0 Å². The van der Waals surface area contributed by atoms with Crippen molar-refractivity contribution in [3.05, 3.63) is 66.4 Å². The van der Waals surface area contributed by atoms with Crippen LogP contribution < -0.4 is 10.1 Å². The molecule has 3 aromatic rings. The molecule has 2 N–H and O–H groups in total. The summed E-state index contributed by atoms with van der Waals surface area (Å²) in [5.41, 5.74) is 2.48. The normalized spacial score (nSPS) is 10.8. The van der Waals surface area contributed by atoms with E-state index in [2.05, 4.69) is 34.7 Å². The van der Waals surface area contributed by atoms with E-state index in [1.54, 1.807) is 0 Å². The Morgan fingerprint density at radius 1 is 0.950 bits per heavy atom. The molecule has 0 saturated carbocycles. The van der Waals surface area contributed by atoms with Gasteiger partial charge in [-0.1, -0.05) is 36.4 Å². The molecule has 1 heterocycles. The zero-order valence-electron chi connectivity index (χ0n) is 11.3. The van der Waals surface area contributed by atoms with Crippen LogP contribution in [-0.4, -0.2) is 18.1 Å². The molecule has 0 saturated heterocycles. The van der Waals surface area contributed by atoms with Gasteiger partial charge in [0.2, 0.25) is 0 Å². The summed E-state index contributed by atoms with van der Waals surface area (Å²) >= 11 is 0. The second-order valence-corrected chi connectivity index (χ2v) is 4.70. The average molecular weight is 266 g/mol. The van der Waals surface area contributed by atoms with Gasteiger partial charge < -0.3 is 15.0 Å². The summed E-state index contributed by atoms with van der Waals surface area (Å²) in [6, 6.07) is 18.2. The number of hydrogen-bond donors (Lipinski definition) is 2. The zero-order chi connectivity index (χ0) is 13.6. The summed E-state index contributed by atoms with van der Waals surface area (Å²) in [7, 11) is 0. The highest BCUT2D eigenvalue weighted by molar-refractivity contribution is 5.82. The molecule has 3 rings (SSSR count). The number of hydrogen-bond acceptors (Lipinski definition) is 2. The van der Waals surface area contributed by atoms with Crippen LogP contribution in [0.5, 0.6) is 5.75 Å². The smallest absolute Gasteiger partial charge is 0.119 e. The summed E-state index contributed by atoms with van der Waals surface area (Å²) in [5.74, 6) is 0.918. The number of fused-ring (bicyclic) bond motifs is 1. The number of aromatic nitrogens is 1. The fourth-order valence-corrected chi connectivity index (χ4v) is 2.26. The molecule has 3 heteroatoms. The van der Waals surface area contributed by atoms with E-state index in [0.717, 1.165) is 18.8 Å². The second-order valence-electron chi connectivity index (χ2n) is 4.70. The Balaban J connectivity index is 1.46. The highest BCUT2D eigenvalue weighted by Gasteiger charge is 2.01. The first kappa shape index (κ1) is 12.8. The van der Waals surface area contributed by atoms with Gasteiger partial charge in [0, 0.05) is 30.2 Å². The van der Waals surface area contributed by atoms with Crippen LogP contribution in [0.15, 0.2) is 60.8 Å². The van der Waals surface area contributed by atoms with Crippen molar-refractivity contribution in [3.8, 4) is 5.75 Å². The third-order valence-electron chi connectivity index (χ3n) is 3.28. The number of H-pyrrole nitrogens is 1. The van der Waals surface area contributed by atoms with Gasteiger partial charge in [0.1, 0.15) is 12.4 Å². The van der Waals surface area contributed by atoms with Crippen LogP contribution in [0.4, 0.5) is 0 Å². The topological polar surface area (TPSA) is 37.0 Å².